The van der Waals surface area contributed by atoms with Crippen molar-refractivity contribution in [1.82, 2.24) is 4.90 Å². The SMILES string of the molecule is COCCN(CCOC)C(=S)Nc1cccc(C(F)(F)F)c1. The van der Waals surface area contributed by atoms with E-state index < -0.39 is 11.7 Å². The van der Waals surface area contributed by atoms with Crippen LogP contribution in [0.25, 0.3) is 0 Å². The van der Waals surface area contributed by atoms with Crippen molar-refractivity contribution in [3.63, 3.8) is 0 Å². The van der Waals surface area contributed by atoms with E-state index in [0.29, 0.717) is 37.1 Å². The number of methoxy groups -OCH3 is 2. The third-order valence-electron chi connectivity index (χ3n) is 2.86. The lowest BCUT2D eigenvalue weighted by Crippen LogP contribution is -2.39. The van der Waals surface area contributed by atoms with E-state index in [1.165, 1.54) is 12.1 Å². The zero-order valence-electron chi connectivity index (χ0n) is 12.4. The second-order valence-corrected chi connectivity index (χ2v) is 4.87. The number of anilines is 1. The zero-order valence-corrected chi connectivity index (χ0v) is 13.3. The van der Waals surface area contributed by atoms with Crippen LogP contribution in [0.5, 0.6) is 0 Å². The molecule has 0 atom stereocenters. The Balaban J connectivity index is 2.75. The average Bonchev–Trinajstić information content (AvgIpc) is 2.46. The van der Waals surface area contributed by atoms with Crippen LogP contribution >= 0.6 is 12.2 Å². The summed E-state index contributed by atoms with van der Waals surface area (Å²) in [4.78, 5) is 1.78. The summed E-state index contributed by atoms with van der Waals surface area (Å²) < 4.78 is 48.1. The highest BCUT2D eigenvalue weighted by Crippen LogP contribution is 2.30. The maximum Gasteiger partial charge on any atom is 0.416 e. The van der Waals surface area contributed by atoms with Crippen molar-refractivity contribution in [2.24, 2.45) is 0 Å². The van der Waals surface area contributed by atoms with Crippen LogP contribution < -0.4 is 5.32 Å². The molecule has 0 aliphatic rings. The van der Waals surface area contributed by atoms with Gasteiger partial charge in [-0.15, -0.1) is 0 Å². The Kier molecular flexibility index (Phi) is 7.57. The summed E-state index contributed by atoms with van der Waals surface area (Å²) in [7, 11) is 3.13. The van der Waals surface area contributed by atoms with E-state index in [1.54, 1.807) is 19.1 Å². The molecular weight excluding hydrogens is 317 g/mol. The lowest BCUT2D eigenvalue weighted by molar-refractivity contribution is -0.137. The molecule has 0 saturated carbocycles. The molecule has 4 nitrogen and oxygen atoms in total. The molecule has 0 fully saturated rings. The molecule has 0 radical (unpaired) electrons. The first-order valence-electron chi connectivity index (χ1n) is 6.59. The topological polar surface area (TPSA) is 33.7 Å². The molecule has 0 unspecified atom stereocenters. The lowest BCUT2D eigenvalue weighted by Gasteiger charge is -2.25. The Labute approximate surface area is 133 Å². The van der Waals surface area contributed by atoms with Gasteiger partial charge in [-0.05, 0) is 30.4 Å². The lowest BCUT2D eigenvalue weighted by atomic mass is 10.2. The summed E-state index contributed by atoms with van der Waals surface area (Å²) in [6.07, 6.45) is -4.38. The van der Waals surface area contributed by atoms with Gasteiger partial charge in [0.1, 0.15) is 0 Å². The molecule has 0 amide bonds. The molecule has 1 aromatic carbocycles. The van der Waals surface area contributed by atoms with Crippen molar-refractivity contribution in [3.8, 4) is 0 Å². The molecule has 0 aliphatic carbocycles. The van der Waals surface area contributed by atoms with Crippen molar-refractivity contribution >= 4 is 23.0 Å². The fraction of sp³-hybridized carbons (Fsp3) is 0.500. The first kappa shape index (κ1) is 18.7. The number of thiocarbonyl (C=S) groups is 1. The Morgan fingerprint density at radius 1 is 1.18 bits per heavy atom. The van der Waals surface area contributed by atoms with Gasteiger partial charge in [0.2, 0.25) is 0 Å². The smallest absolute Gasteiger partial charge is 0.383 e. The molecule has 0 heterocycles. The van der Waals surface area contributed by atoms with E-state index >= 15 is 0 Å². The van der Waals surface area contributed by atoms with Crippen molar-refractivity contribution in [3.05, 3.63) is 29.8 Å². The Bertz CT molecular complexity index is 475. The molecule has 0 saturated heterocycles. The summed E-state index contributed by atoms with van der Waals surface area (Å²) in [5.74, 6) is 0. The molecule has 1 rings (SSSR count). The molecule has 0 spiro atoms. The number of ether oxygens (including phenoxy) is 2. The standard InChI is InChI=1S/C14H19F3N2O2S/c1-20-8-6-19(7-9-21-2)13(22)18-12-5-3-4-11(10-12)14(15,16)17/h3-5,10H,6-9H2,1-2H3,(H,18,22). The third-order valence-corrected chi connectivity index (χ3v) is 3.22. The second-order valence-electron chi connectivity index (χ2n) is 4.48. The van der Waals surface area contributed by atoms with E-state index in [9.17, 15) is 13.2 Å². The first-order valence-corrected chi connectivity index (χ1v) is 7.00. The van der Waals surface area contributed by atoms with Gasteiger partial charge in [-0.3, -0.25) is 0 Å². The van der Waals surface area contributed by atoms with Crippen LogP contribution in [0, 0.1) is 0 Å². The molecular formula is C14H19F3N2O2S. The summed E-state index contributed by atoms with van der Waals surface area (Å²) in [5.41, 5.74) is -0.430. The number of hydrogen-bond donors (Lipinski definition) is 1. The Hall–Kier alpha value is -1.38. The summed E-state index contributed by atoms with van der Waals surface area (Å²) in [5, 5.41) is 3.15. The molecule has 22 heavy (non-hydrogen) atoms. The molecule has 1 N–H and O–H groups in total. The van der Waals surface area contributed by atoms with Gasteiger partial charge in [0.15, 0.2) is 5.11 Å². The van der Waals surface area contributed by atoms with Crippen LogP contribution in [0.15, 0.2) is 24.3 Å². The van der Waals surface area contributed by atoms with Gasteiger partial charge in [-0.1, -0.05) is 6.07 Å². The molecule has 0 aliphatic heterocycles. The number of hydrogen-bond acceptors (Lipinski definition) is 3. The minimum absolute atomic E-state index is 0.291. The first-order chi connectivity index (χ1) is 10.4. The fourth-order valence-electron chi connectivity index (χ4n) is 1.69. The molecule has 124 valence electrons. The number of rotatable bonds is 7. The van der Waals surface area contributed by atoms with Crippen LogP contribution in [0.2, 0.25) is 0 Å². The number of nitrogens with one attached hydrogen (secondary N) is 1. The summed E-state index contributed by atoms with van der Waals surface area (Å²) in [6.45, 7) is 1.94. The van der Waals surface area contributed by atoms with Gasteiger partial charge in [0.25, 0.3) is 0 Å². The van der Waals surface area contributed by atoms with Crippen LogP contribution in [-0.4, -0.2) is 50.5 Å². The van der Waals surface area contributed by atoms with E-state index in [0.717, 1.165) is 12.1 Å². The van der Waals surface area contributed by atoms with E-state index in [2.05, 4.69) is 5.32 Å². The normalized spacial score (nSPS) is 11.3. The van der Waals surface area contributed by atoms with Gasteiger partial charge in [-0.25, -0.2) is 0 Å². The number of alkyl halides is 3. The minimum atomic E-state index is -4.38. The Morgan fingerprint density at radius 3 is 2.27 bits per heavy atom. The molecule has 1 aromatic rings. The number of nitrogens with zero attached hydrogens (tertiary/aromatic N) is 1. The highest BCUT2D eigenvalue weighted by atomic mass is 32.1. The van der Waals surface area contributed by atoms with Crippen LogP contribution in [0.3, 0.4) is 0 Å². The largest absolute Gasteiger partial charge is 0.416 e. The average molecular weight is 336 g/mol. The van der Waals surface area contributed by atoms with Gasteiger partial charge in [-0.2, -0.15) is 13.2 Å². The molecule has 8 heteroatoms. The predicted octanol–water partition coefficient (Wildman–Crippen LogP) is 3.00. The van der Waals surface area contributed by atoms with Gasteiger partial charge in [0.05, 0.1) is 18.8 Å². The predicted molar refractivity (Wildman–Crippen MR) is 83.0 cm³/mol. The van der Waals surface area contributed by atoms with Crippen molar-refractivity contribution in [2.45, 2.75) is 6.18 Å². The fourth-order valence-corrected chi connectivity index (χ4v) is 1.99. The van der Waals surface area contributed by atoms with Crippen LogP contribution in [-0.2, 0) is 15.7 Å². The van der Waals surface area contributed by atoms with Gasteiger partial charge >= 0.3 is 6.18 Å². The highest BCUT2D eigenvalue weighted by Gasteiger charge is 2.30. The number of benzene rings is 1. The van der Waals surface area contributed by atoms with Crippen molar-refractivity contribution < 1.29 is 22.6 Å². The van der Waals surface area contributed by atoms with Gasteiger partial charge in [0, 0.05) is 33.0 Å². The van der Waals surface area contributed by atoms with Crippen molar-refractivity contribution in [2.75, 3.05) is 45.8 Å². The quantitative estimate of drug-likeness (QED) is 0.774. The van der Waals surface area contributed by atoms with Crippen LogP contribution in [0.1, 0.15) is 5.56 Å². The van der Waals surface area contributed by atoms with E-state index in [-0.39, 0.29) is 0 Å². The summed E-state index contributed by atoms with van der Waals surface area (Å²) in [6, 6.07) is 4.91. The van der Waals surface area contributed by atoms with Gasteiger partial charge < -0.3 is 19.7 Å². The second kappa shape index (κ2) is 8.92. The Morgan fingerprint density at radius 2 is 1.77 bits per heavy atom. The van der Waals surface area contributed by atoms with Crippen LogP contribution in [0.4, 0.5) is 18.9 Å². The van der Waals surface area contributed by atoms with E-state index in [4.69, 9.17) is 21.7 Å². The zero-order chi connectivity index (χ0) is 16.6. The van der Waals surface area contributed by atoms with Crippen molar-refractivity contribution in [1.29, 1.82) is 0 Å². The molecule has 0 aromatic heterocycles. The number of halogens is 3. The molecule has 0 bridgehead atoms. The van der Waals surface area contributed by atoms with E-state index in [1.807, 2.05) is 0 Å². The maximum atomic E-state index is 12.7. The monoisotopic (exact) mass is 336 g/mol. The minimum Gasteiger partial charge on any atom is -0.383 e. The summed E-state index contributed by atoms with van der Waals surface area (Å²) >= 11 is 5.24. The maximum absolute atomic E-state index is 12.7. The third kappa shape index (κ3) is 6.17. The highest BCUT2D eigenvalue weighted by molar-refractivity contribution is 7.80.